The van der Waals surface area contributed by atoms with Crippen molar-refractivity contribution < 1.29 is 9.90 Å². The van der Waals surface area contributed by atoms with Gasteiger partial charge in [-0.2, -0.15) is 0 Å². The molecular weight excluding hydrogens is 276 g/mol. The van der Waals surface area contributed by atoms with Crippen molar-refractivity contribution >= 4 is 5.97 Å². The molecule has 1 aromatic carbocycles. The first kappa shape index (κ1) is 15.5. The van der Waals surface area contributed by atoms with Crippen LogP contribution in [-0.4, -0.2) is 53.6 Å². The van der Waals surface area contributed by atoms with Crippen LogP contribution in [0.1, 0.15) is 24.0 Å². The minimum atomic E-state index is -0.655. The summed E-state index contributed by atoms with van der Waals surface area (Å²) >= 11 is 0. The predicted molar refractivity (Wildman–Crippen MR) is 86.7 cm³/mol. The quantitative estimate of drug-likeness (QED) is 0.906. The van der Waals surface area contributed by atoms with Crippen LogP contribution in [0.2, 0.25) is 0 Å². The van der Waals surface area contributed by atoms with Crippen molar-refractivity contribution in [1.82, 2.24) is 9.80 Å². The van der Waals surface area contributed by atoms with E-state index in [1.807, 2.05) is 0 Å². The van der Waals surface area contributed by atoms with E-state index in [-0.39, 0.29) is 5.92 Å². The fourth-order valence-electron chi connectivity index (χ4n) is 3.31. The molecule has 2 aliphatic rings. The summed E-state index contributed by atoms with van der Waals surface area (Å²) in [6, 6.07) is 8.39. The van der Waals surface area contributed by atoms with Gasteiger partial charge in [-0.1, -0.05) is 24.3 Å². The summed E-state index contributed by atoms with van der Waals surface area (Å²) in [4.78, 5) is 16.2. The summed E-state index contributed by atoms with van der Waals surface area (Å²) in [5, 5.41) is 9.52. The summed E-state index contributed by atoms with van der Waals surface area (Å²) < 4.78 is 0. The van der Waals surface area contributed by atoms with Crippen LogP contribution in [-0.2, 0) is 11.3 Å². The van der Waals surface area contributed by atoms with Crippen LogP contribution in [0.5, 0.6) is 0 Å². The Balaban J connectivity index is 1.66. The van der Waals surface area contributed by atoms with E-state index in [4.69, 9.17) is 0 Å². The number of rotatable bonds is 5. The Bertz CT molecular complexity index is 528. The predicted octanol–water partition coefficient (Wildman–Crippen LogP) is 2.22. The van der Waals surface area contributed by atoms with Gasteiger partial charge >= 0.3 is 5.97 Å². The first-order valence-electron chi connectivity index (χ1n) is 8.34. The van der Waals surface area contributed by atoms with Gasteiger partial charge in [-0.3, -0.25) is 9.69 Å². The molecule has 0 spiro atoms. The molecule has 22 heavy (non-hydrogen) atoms. The molecule has 1 N–H and O–H groups in total. The maximum absolute atomic E-state index is 11.6. The van der Waals surface area contributed by atoms with Crippen LogP contribution < -0.4 is 0 Å². The molecule has 4 heteroatoms. The third-order valence-corrected chi connectivity index (χ3v) is 4.91. The zero-order chi connectivity index (χ0) is 15.5. The van der Waals surface area contributed by atoms with Gasteiger partial charge in [0, 0.05) is 39.3 Å². The molecule has 1 heterocycles. The van der Waals surface area contributed by atoms with E-state index < -0.39 is 5.97 Å². The van der Waals surface area contributed by atoms with Crippen LogP contribution in [0.3, 0.4) is 0 Å². The van der Waals surface area contributed by atoms with Crippen molar-refractivity contribution in [2.24, 2.45) is 11.8 Å². The van der Waals surface area contributed by atoms with Crippen LogP contribution in [0.4, 0.5) is 0 Å². The smallest absolute Gasteiger partial charge is 0.309 e. The van der Waals surface area contributed by atoms with Gasteiger partial charge in [0.1, 0.15) is 0 Å². The maximum Gasteiger partial charge on any atom is 0.309 e. The molecule has 0 amide bonds. The average molecular weight is 302 g/mol. The summed E-state index contributed by atoms with van der Waals surface area (Å²) in [6.45, 7) is 7.38. The number of aliphatic carboxylic acids is 1. The lowest BCUT2D eigenvalue weighted by Gasteiger charge is -2.22. The molecule has 3 rings (SSSR count). The van der Waals surface area contributed by atoms with Gasteiger partial charge in [-0.25, -0.2) is 0 Å². The van der Waals surface area contributed by atoms with Crippen molar-refractivity contribution in [1.29, 1.82) is 0 Å². The fraction of sp³-hybridized carbons (Fsp3) is 0.611. The maximum atomic E-state index is 11.6. The van der Waals surface area contributed by atoms with E-state index in [9.17, 15) is 9.90 Å². The molecule has 1 saturated heterocycles. The minimum absolute atomic E-state index is 0.273. The normalized spacial score (nSPS) is 24.1. The van der Waals surface area contributed by atoms with E-state index in [1.54, 1.807) is 0 Å². The number of benzene rings is 1. The number of hydrogen-bond acceptors (Lipinski definition) is 3. The number of carboxylic acid groups (broad SMARTS) is 1. The highest BCUT2D eigenvalue weighted by Crippen LogP contribution is 2.30. The standard InChI is InChI=1S/C18H26N2O2/c1-14-4-2-3-5-16(14)11-20-9-8-19(10-15-6-7-15)12-17(13-20)18(21)22/h2-5,15,17H,6-13H2,1H3,(H,21,22). The number of carboxylic acids is 1. The lowest BCUT2D eigenvalue weighted by atomic mass is 10.1. The Morgan fingerprint density at radius 3 is 2.55 bits per heavy atom. The van der Waals surface area contributed by atoms with Crippen LogP contribution in [0.15, 0.2) is 24.3 Å². The number of nitrogens with zero attached hydrogens (tertiary/aromatic N) is 2. The van der Waals surface area contributed by atoms with Gasteiger partial charge in [0.2, 0.25) is 0 Å². The van der Waals surface area contributed by atoms with Gasteiger partial charge in [-0.05, 0) is 36.8 Å². The second kappa shape index (κ2) is 6.80. The zero-order valence-corrected chi connectivity index (χ0v) is 13.4. The third-order valence-electron chi connectivity index (χ3n) is 4.91. The minimum Gasteiger partial charge on any atom is -0.481 e. The molecule has 0 bridgehead atoms. The zero-order valence-electron chi connectivity index (χ0n) is 13.4. The van der Waals surface area contributed by atoms with E-state index in [2.05, 4.69) is 41.0 Å². The van der Waals surface area contributed by atoms with E-state index in [0.717, 1.165) is 32.1 Å². The second-order valence-electron chi connectivity index (χ2n) is 6.90. The monoisotopic (exact) mass is 302 g/mol. The Hall–Kier alpha value is -1.39. The number of carbonyl (C=O) groups is 1. The highest BCUT2D eigenvalue weighted by molar-refractivity contribution is 5.70. The first-order chi connectivity index (χ1) is 10.6. The summed E-state index contributed by atoms with van der Waals surface area (Å²) in [7, 11) is 0. The Morgan fingerprint density at radius 2 is 1.86 bits per heavy atom. The van der Waals surface area contributed by atoms with E-state index >= 15 is 0 Å². The molecule has 1 unspecified atom stereocenters. The van der Waals surface area contributed by atoms with Crippen molar-refractivity contribution in [3.63, 3.8) is 0 Å². The fourth-order valence-corrected chi connectivity index (χ4v) is 3.31. The summed E-state index contributed by atoms with van der Waals surface area (Å²) in [5.41, 5.74) is 2.59. The Morgan fingerprint density at radius 1 is 1.18 bits per heavy atom. The lowest BCUT2D eigenvalue weighted by molar-refractivity contribution is -0.142. The molecule has 1 aliphatic heterocycles. The molecule has 1 aromatic rings. The first-order valence-corrected chi connectivity index (χ1v) is 8.34. The van der Waals surface area contributed by atoms with Gasteiger partial charge in [0.25, 0.3) is 0 Å². The van der Waals surface area contributed by atoms with Gasteiger partial charge < -0.3 is 10.0 Å². The van der Waals surface area contributed by atoms with Crippen molar-refractivity contribution in [3.8, 4) is 0 Å². The summed E-state index contributed by atoms with van der Waals surface area (Å²) in [5.74, 6) is -0.111. The highest BCUT2D eigenvalue weighted by atomic mass is 16.4. The van der Waals surface area contributed by atoms with Crippen molar-refractivity contribution in [3.05, 3.63) is 35.4 Å². The lowest BCUT2D eigenvalue weighted by Crippen LogP contribution is -2.35. The summed E-state index contributed by atoms with van der Waals surface area (Å²) in [6.07, 6.45) is 2.64. The number of aryl methyl sites for hydroxylation is 1. The Labute approximate surface area is 132 Å². The van der Waals surface area contributed by atoms with E-state index in [1.165, 1.54) is 24.0 Å². The van der Waals surface area contributed by atoms with Crippen LogP contribution in [0, 0.1) is 18.8 Å². The molecule has 4 nitrogen and oxygen atoms in total. The third kappa shape index (κ3) is 4.08. The van der Waals surface area contributed by atoms with Gasteiger partial charge in [-0.15, -0.1) is 0 Å². The largest absolute Gasteiger partial charge is 0.481 e. The SMILES string of the molecule is Cc1ccccc1CN1CCN(CC2CC2)CC(C(=O)O)C1. The highest BCUT2D eigenvalue weighted by Gasteiger charge is 2.31. The van der Waals surface area contributed by atoms with E-state index in [0.29, 0.717) is 13.1 Å². The number of hydrogen-bond donors (Lipinski definition) is 1. The topological polar surface area (TPSA) is 43.8 Å². The molecular formula is C18H26N2O2. The molecule has 1 saturated carbocycles. The molecule has 2 fully saturated rings. The van der Waals surface area contributed by atoms with Crippen LogP contribution in [0.25, 0.3) is 0 Å². The second-order valence-corrected chi connectivity index (χ2v) is 6.90. The molecule has 1 atom stereocenters. The van der Waals surface area contributed by atoms with Crippen LogP contribution >= 0.6 is 0 Å². The molecule has 0 aromatic heterocycles. The van der Waals surface area contributed by atoms with Gasteiger partial charge in [0.05, 0.1) is 5.92 Å². The Kier molecular flexibility index (Phi) is 4.79. The molecule has 120 valence electrons. The van der Waals surface area contributed by atoms with Gasteiger partial charge in [0.15, 0.2) is 0 Å². The van der Waals surface area contributed by atoms with Crippen molar-refractivity contribution in [2.45, 2.75) is 26.3 Å². The molecule has 0 radical (unpaired) electrons. The van der Waals surface area contributed by atoms with Crippen molar-refractivity contribution in [2.75, 3.05) is 32.7 Å². The molecule has 1 aliphatic carbocycles. The average Bonchev–Trinajstić information content (AvgIpc) is 3.30.